The predicted octanol–water partition coefficient (Wildman–Crippen LogP) is 4.31. The first-order valence-electron chi connectivity index (χ1n) is 8.23. The molecule has 2 aromatic carbocycles. The van der Waals surface area contributed by atoms with Crippen LogP contribution in [-0.2, 0) is 0 Å². The fourth-order valence-corrected chi connectivity index (χ4v) is 3.12. The van der Waals surface area contributed by atoms with E-state index in [1.165, 1.54) is 31.5 Å². The fourth-order valence-electron chi connectivity index (χ4n) is 3.12. The third-order valence-corrected chi connectivity index (χ3v) is 4.42. The van der Waals surface area contributed by atoms with Crippen molar-refractivity contribution < 1.29 is 0 Å². The SMILES string of the molecule is C(#Cc1ccccc1)CCN1CCC(c2ccccc2)CC1. The number of likely N-dealkylation sites (tertiary alicyclic amines) is 1. The molecule has 1 aliphatic rings. The van der Waals surface area contributed by atoms with Gasteiger partial charge in [0.1, 0.15) is 0 Å². The molecule has 0 saturated carbocycles. The molecule has 112 valence electrons. The van der Waals surface area contributed by atoms with Gasteiger partial charge in [-0.15, -0.1) is 0 Å². The molecule has 1 aliphatic heterocycles. The molecule has 0 N–H and O–H groups in total. The molecule has 1 nitrogen and oxygen atoms in total. The number of benzene rings is 2. The molecule has 1 fully saturated rings. The summed E-state index contributed by atoms with van der Waals surface area (Å²) in [6, 6.07) is 21.2. The maximum atomic E-state index is 3.30. The summed E-state index contributed by atoms with van der Waals surface area (Å²) in [6.45, 7) is 3.50. The maximum Gasteiger partial charge on any atom is 0.0245 e. The number of hydrogen-bond donors (Lipinski definition) is 0. The van der Waals surface area contributed by atoms with Crippen LogP contribution in [0, 0.1) is 11.8 Å². The molecule has 0 radical (unpaired) electrons. The van der Waals surface area contributed by atoms with Gasteiger partial charge in [-0.25, -0.2) is 0 Å². The van der Waals surface area contributed by atoms with E-state index in [1.807, 2.05) is 18.2 Å². The van der Waals surface area contributed by atoms with E-state index in [2.05, 4.69) is 59.2 Å². The smallest absolute Gasteiger partial charge is 0.0245 e. The van der Waals surface area contributed by atoms with Gasteiger partial charge in [-0.2, -0.15) is 0 Å². The first-order chi connectivity index (χ1) is 10.9. The number of piperidine rings is 1. The number of hydrogen-bond acceptors (Lipinski definition) is 1. The van der Waals surface area contributed by atoms with Gasteiger partial charge < -0.3 is 4.90 Å². The Balaban J connectivity index is 1.42. The van der Waals surface area contributed by atoms with Gasteiger partial charge in [-0.1, -0.05) is 60.4 Å². The van der Waals surface area contributed by atoms with Crippen molar-refractivity contribution >= 4 is 0 Å². The predicted molar refractivity (Wildman–Crippen MR) is 92.8 cm³/mol. The van der Waals surface area contributed by atoms with Crippen LogP contribution in [0.1, 0.15) is 36.3 Å². The first kappa shape index (κ1) is 14.9. The molecule has 0 spiro atoms. The lowest BCUT2D eigenvalue weighted by Crippen LogP contribution is -2.33. The van der Waals surface area contributed by atoms with Crippen LogP contribution in [0.25, 0.3) is 0 Å². The minimum atomic E-state index is 0.743. The van der Waals surface area contributed by atoms with Crippen molar-refractivity contribution in [2.45, 2.75) is 25.2 Å². The highest BCUT2D eigenvalue weighted by Crippen LogP contribution is 2.27. The zero-order chi connectivity index (χ0) is 15.0. The van der Waals surface area contributed by atoms with Crippen molar-refractivity contribution in [3.63, 3.8) is 0 Å². The molecular formula is C21H23N. The van der Waals surface area contributed by atoms with E-state index in [4.69, 9.17) is 0 Å². The van der Waals surface area contributed by atoms with Crippen molar-refractivity contribution in [2.24, 2.45) is 0 Å². The van der Waals surface area contributed by atoms with Crippen molar-refractivity contribution in [1.29, 1.82) is 0 Å². The number of rotatable bonds is 3. The van der Waals surface area contributed by atoms with Crippen LogP contribution in [0.3, 0.4) is 0 Å². The Hall–Kier alpha value is -2.04. The van der Waals surface area contributed by atoms with Crippen molar-refractivity contribution in [2.75, 3.05) is 19.6 Å². The Morgan fingerprint density at radius 3 is 2.18 bits per heavy atom. The van der Waals surface area contributed by atoms with Crippen molar-refractivity contribution in [1.82, 2.24) is 4.90 Å². The molecule has 0 atom stereocenters. The van der Waals surface area contributed by atoms with E-state index in [1.54, 1.807) is 0 Å². The Labute approximate surface area is 134 Å². The second-order valence-corrected chi connectivity index (χ2v) is 5.94. The monoisotopic (exact) mass is 289 g/mol. The van der Waals surface area contributed by atoms with Crippen LogP contribution in [0.2, 0.25) is 0 Å². The summed E-state index contributed by atoms with van der Waals surface area (Å²) < 4.78 is 0. The van der Waals surface area contributed by atoms with Gasteiger partial charge in [0.2, 0.25) is 0 Å². The molecular weight excluding hydrogens is 266 g/mol. The molecule has 0 aliphatic carbocycles. The minimum Gasteiger partial charge on any atom is -0.302 e. The van der Waals surface area contributed by atoms with E-state index in [-0.39, 0.29) is 0 Å². The van der Waals surface area contributed by atoms with E-state index in [0.29, 0.717) is 0 Å². The van der Waals surface area contributed by atoms with Gasteiger partial charge >= 0.3 is 0 Å². The van der Waals surface area contributed by atoms with Crippen LogP contribution in [0.5, 0.6) is 0 Å². The Morgan fingerprint density at radius 1 is 0.864 bits per heavy atom. The van der Waals surface area contributed by atoms with Crippen LogP contribution in [0.4, 0.5) is 0 Å². The summed E-state index contributed by atoms with van der Waals surface area (Å²) in [7, 11) is 0. The molecule has 1 heteroatoms. The Morgan fingerprint density at radius 2 is 1.50 bits per heavy atom. The summed E-state index contributed by atoms with van der Waals surface area (Å²) in [6.07, 6.45) is 3.51. The van der Waals surface area contributed by atoms with Crippen molar-refractivity contribution in [3.05, 3.63) is 71.8 Å². The van der Waals surface area contributed by atoms with Gasteiger partial charge in [0.25, 0.3) is 0 Å². The molecule has 1 heterocycles. The van der Waals surface area contributed by atoms with Gasteiger partial charge in [-0.05, 0) is 49.5 Å². The standard InChI is InChI=1S/C21H23N/c1-3-9-19(10-4-1)11-7-8-16-22-17-14-21(15-18-22)20-12-5-2-6-13-20/h1-6,9-10,12-13,21H,8,14-18H2. The summed E-state index contributed by atoms with van der Waals surface area (Å²) in [5, 5.41) is 0. The molecule has 0 unspecified atom stereocenters. The van der Waals surface area contributed by atoms with E-state index < -0.39 is 0 Å². The maximum absolute atomic E-state index is 3.30. The second kappa shape index (κ2) is 7.82. The van der Waals surface area contributed by atoms with Gasteiger partial charge in [-0.3, -0.25) is 0 Å². The average Bonchev–Trinajstić information content (AvgIpc) is 2.61. The van der Waals surface area contributed by atoms with E-state index >= 15 is 0 Å². The van der Waals surface area contributed by atoms with Gasteiger partial charge in [0, 0.05) is 18.5 Å². The normalized spacial score (nSPS) is 16.0. The van der Waals surface area contributed by atoms with E-state index in [0.717, 1.165) is 24.4 Å². The Bertz CT molecular complexity index is 613. The summed E-state index contributed by atoms with van der Waals surface area (Å²) in [4.78, 5) is 2.55. The van der Waals surface area contributed by atoms with Crippen LogP contribution >= 0.6 is 0 Å². The molecule has 1 saturated heterocycles. The topological polar surface area (TPSA) is 3.24 Å². The minimum absolute atomic E-state index is 0.743. The highest BCUT2D eigenvalue weighted by atomic mass is 15.1. The van der Waals surface area contributed by atoms with Crippen LogP contribution in [-0.4, -0.2) is 24.5 Å². The summed E-state index contributed by atoms with van der Waals surface area (Å²) in [5.41, 5.74) is 2.62. The lowest BCUT2D eigenvalue weighted by molar-refractivity contribution is 0.217. The quantitative estimate of drug-likeness (QED) is 0.761. The summed E-state index contributed by atoms with van der Waals surface area (Å²) >= 11 is 0. The highest BCUT2D eigenvalue weighted by molar-refractivity contribution is 5.33. The molecule has 0 bridgehead atoms. The van der Waals surface area contributed by atoms with Crippen LogP contribution < -0.4 is 0 Å². The molecule has 3 rings (SSSR count). The van der Waals surface area contributed by atoms with Gasteiger partial charge in [0.05, 0.1) is 0 Å². The van der Waals surface area contributed by atoms with E-state index in [9.17, 15) is 0 Å². The molecule has 0 aromatic heterocycles. The van der Waals surface area contributed by atoms with Gasteiger partial charge in [0.15, 0.2) is 0 Å². The molecule has 22 heavy (non-hydrogen) atoms. The largest absolute Gasteiger partial charge is 0.302 e. The highest BCUT2D eigenvalue weighted by Gasteiger charge is 2.19. The zero-order valence-electron chi connectivity index (χ0n) is 13.0. The lowest BCUT2D eigenvalue weighted by atomic mass is 9.89. The average molecular weight is 289 g/mol. The molecule has 2 aromatic rings. The molecule has 0 amide bonds. The number of nitrogens with zero attached hydrogens (tertiary/aromatic N) is 1. The Kier molecular flexibility index (Phi) is 5.29. The summed E-state index contributed by atoms with van der Waals surface area (Å²) in [5.74, 6) is 7.29. The first-order valence-corrected chi connectivity index (χ1v) is 8.23. The zero-order valence-corrected chi connectivity index (χ0v) is 13.0. The third-order valence-electron chi connectivity index (χ3n) is 4.42. The third kappa shape index (κ3) is 4.23. The van der Waals surface area contributed by atoms with Crippen molar-refractivity contribution in [3.8, 4) is 11.8 Å². The fraction of sp³-hybridized carbons (Fsp3) is 0.333. The van der Waals surface area contributed by atoms with Crippen LogP contribution in [0.15, 0.2) is 60.7 Å². The lowest BCUT2D eigenvalue weighted by Gasteiger charge is -2.31. The second-order valence-electron chi connectivity index (χ2n) is 5.94.